The van der Waals surface area contributed by atoms with Gasteiger partial charge < -0.3 is 9.88 Å². The van der Waals surface area contributed by atoms with E-state index in [1.54, 1.807) is 4.57 Å². The molecule has 0 bridgehead atoms. The first kappa shape index (κ1) is 13.5. The van der Waals surface area contributed by atoms with E-state index in [1.165, 1.54) is 24.5 Å². The molecular formula is C12H10ClN5O3. The summed E-state index contributed by atoms with van der Waals surface area (Å²) in [6, 6.07) is 2.90. The van der Waals surface area contributed by atoms with Gasteiger partial charge in [-0.3, -0.25) is 14.9 Å². The van der Waals surface area contributed by atoms with Crippen LogP contribution in [0, 0.1) is 10.1 Å². The number of hydrogen-bond acceptors (Lipinski definition) is 5. The van der Waals surface area contributed by atoms with Crippen LogP contribution in [0.15, 0.2) is 24.5 Å². The number of hydrogen-bond donors (Lipinski definition) is 1. The minimum atomic E-state index is -0.517. The maximum absolute atomic E-state index is 12.3. The van der Waals surface area contributed by atoms with Gasteiger partial charge in [0, 0.05) is 18.3 Å². The molecule has 1 saturated carbocycles. The lowest BCUT2D eigenvalue weighted by Crippen LogP contribution is -2.17. The van der Waals surface area contributed by atoms with Gasteiger partial charge in [0.2, 0.25) is 5.28 Å². The molecule has 1 N–H and O–H groups in total. The highest BCUT2D eigenvalue weighted by Crippen LogP contribution is 2.38. The average molecular weight is 308 g/mol. The first-order valence-electron chi connectivity index (χ1n) is 6.21. The monoisotopic (exact) mass is 307 g/mol. The molecule has 2 heterocycles. The van der Waals surface area contributed by atoms with Gasteiger partial charge in [0.05, 0.1) is 11.1 Å². The summed E-state index contributed by atoms with van der Waals surface area (Å²) >= 11 is 5.64. The van der Waals surface area contributed by atoms with Crippen LogP contribution in [0.5, 0.6) is 0 Å². The largest absolute Gasteiger partial charge is 0.334 e. The van der Waals surface area contributed by atoms with Crippen molar-refractivity contribution in [3.63, 3.8) is 0 Å². The second kappa shape index (κ2) is 5.13. The summed E-state index contributed by atoms with van der Waals surface area (Å²) in [6.07, 6.45) is 4.61. The van der Waals surface area contributed by atoms with E-state index in [4.69, 9.17) is 11.6 Å². The summed E-state index contributed by atoms with van der Waals surface area (Å²) in [5.41, 5.74) is 0.131. The molecule has 108 valence electrons. The fraction of sp³-hybridized carbons (Fsp3) is 0.250. The Bertz CT molecular complexity index is 725. The number of carbonyl (C=O) groups is 1. The fourth-order valence-electron chi connectivity index (χ4n) is 1.99. The number of halogens is 1. The second-order valence-corrected chi connectivity index (χ2v) is 4.98. The van der Waals surface area contributed by atoms with Crippen LogP contribution in [0.25, 0.3) is 0 Å². The zero-order valence-electron chi connectivity index (χ0n) is 10.7. The highest BCUT2D eigenvalue weighted by molar-refractivity contribution is 6.28. The van der Waals surface area contributed by atoms with Crippen molar-refractivity contribution in [2.45, 2.75) is 18.9 Å². The number of amides is 1. The Kier molecular flexibility index (Phi) is 3.30. The van der Waals surface area contributed by atoms with Gasteiger partial charge in [-0.05, 0) is 30.5 Å². The highest BCUT2D eigenvalue weighted by Gasteiger charge is 2.30. The maximum Gasteiger partial charge on any atom is 0.287 e. The van der Waals surface area contributed by atoms with Crippen molar-refractivity contribution in [1.29, 1.82) is 0 Å². The number of nitro groups is 1. The van der Waals surface area contributed by atoms with E-state index in [0.717, 1.165) is 12.8 Å². The zero-order valence-corrected chi connectivity index (χ0v) is 11.4. The molecular weight excluding hydrogens is 298 g/mol. The lowest BCUT2D eigenvalue weighted by Gasteiger charge is -2.07. The predicted molar refractivity (Wildman–Crippen MR) is 74.4 cm³/mol. The standard InChI is InChI=1S/C12H10ClN5O3/c13-12-14-4-3-10(16-12)15-11(19)9-5-8(18(20)21)6-17(9)7-1-2-7/h3-7H,1-2H2,(H,14,15,16,19). The van der Waals surface area contributed by atoms with Crippen molar-refractivity contribution in [2.24, 2.45) is 0 Å². The van der Waals surface area contributed by atoms with Gasteiger partial charge in [0.25, 0.3) is 11.6 Å². The average Bonchev–Trinajstić information content (AvgIpc) is 3.17. The molecule has 1 fully saturated rings. The topological polar surface area (TPSA) is 103 Å². The Morgan fingerprint density at radius 1 is 1.52 bits per heavy atom. The Balaban J connectivity index is 1.88. The van der Waals surface area contributed by atoms with Gasteiger partial charge in [-0.1, -0.05) is 0 Å². The molecule has 0 spiro atoms. The summed E-state index contributed by atoms with van der Waals surface area (Å²) in [4.78, 5) is 30.2. The Labute approximate surface area is 123 Å². The van der Waals surface area contributed by atoms with E-state index in [9.17, 15) is 14.9 Å². The van der Waals surface area contributed by atoms with Gasteiger partial charge in [0.15, 0.2) is 0 Å². The van der Waals surface area contributed by atoms with Crippen molar-refractivity contribution in [1.82, 2.24) is 14.5 Å². The maximum atomic E-state index is 12.3. The molecule has 1 aliphatic rings. The summed E-state index contributed by atoms with van der Waals surface area (Å²) in [5.74, 6) is -0.226. The van der Waals surface area contributed by atoms with Crippen LogP contribution in [-0.4, -0.2) is 25.4 Å². The van der Waals surface area contributed by atoms with Crippen LogP contribution in [-0.2, 0) is 0 Å². The van der Waals surface area contributed by atoms with Crippen molar-refractivity contribution < 1.29 is 9.72 Å². The van der Waals surface area contributed by atoms with Crippen LogP contribution in [0.2, 0.25) is 5.28 Å². The molecule has 1 amide bonds. The molecule has 0 unspecified atom stereocenters. The summed E-state index contributed by atoms with van der Waals surface area (Å²) in [5, 5.41) is 13.4. The van der Waals surface area contributed by atoms with E-state index in [-0.39, 0.29) is 28.5 Å². The summed E-state index contributed by atoms with van der Waals surface area (Å²) in [7, 11) is 0. The van der Waals surface area contributed by atoms with E-state index >= 15 is 0 Å². The van der Waals surface area contributed by atoms with E-state index in [0.29, 0.717) is 0 Å². The predicted octanol–water partition coefficient (Wildman–Crippen LogP) is 2.43. The highest BCUT2D eigenvalue weighted by atomic mass is 35.5. The van der Waals surface area contributed by atoms with Gasteiger partial charge in [-0.15, -0.1) is 0 Å². The molecule has 2 aromatic rings. The first-order chi connectivity index (χ1) is 10.0. The van der Waals surface area contributed by atoms with E-state index in [2.05, 4.69) is 15.3 Å². The molecule has 1 aliphatic carbocycles. The Morgan fingerprint density at radius 3 is 2.90 bits per heavy atom. The SMILES string of the molecule is O=C(Nc1ccnc(Cl)n1)c1cc([N+](=O)[O-])cn1C1CC1. The summed E-state index contributed by atoms with van der Waals surface area (Å²) < 4.78 is 1.64. The van der Waals surface area contributed by atoms with Gasteiger partial charge >= 0.3 is 0 Å². The number of rotatable bonds is 4. The molecule has 3 rings (SSSR count). The van der Waals surface area contributed by atoms with Crippen molar-refractivity contribution in [3.05, 3.63) is 45.6 Å². The lowest BCUT2D eigenvalue weighted by atomic mass is 10.3. The van der Waals surface area contributed by atoms with Crippen molar-refractivity contribution in [3.8, 4) is 0 Å². The molecule has 8 nitrogen and oxygen atoms in total. The molecule has 0 aromatic carbocycles. The third-order valence-corrected chi connectivity index (χ3v) is 3.27. The van der Waals surface area contributed by atoms with Crippen molar-refractivity contribution in [2.75, 3.05) is 5.32 Å². The third kappa shape index (κ3) is 2.84. The lowest BCUT2D eigenvalue weighted by molar-refractivity contribution is -0.384. The molecule has 0 aliphatic heterocycles. The Morgan fingerprint density at radius 2 is 2.29 bits per heavy atom. The normalized spacial score (nSPS) is 14.0. The first-order valence-corrected chi connectivity index (χ1v) is 6.58. The third-order valence-electron chi connectivity index (χ3n) is 3.09. The summed E-state index contributed by atoms with van der Waals surface area (Å²) in [6.45, 7) is 0. The second-order valence-electron chi connectivity index (χ2n) is 4.64. The number of anilines is 1. The fourth-order valence-corrected chi connectivity index (χ4v) is 2.13. The number of carbonyl (C=O) groups excluding carboxylic acids is 1. The van der Waals surface area contributed by atoms with Crippen LogP contribution in [0.1, 0.15) is 29.4 Å². The quantitative estimate of drug-likeness (QED) is 0.531. The van der Waals surface area contributed by atoms with E-state index < -0.39 is 10.8 Å². The van der Waals surface area contributed by atoms with Gasteiger partial charge in [-0.25, -0.2) is 9.97 Å². The number of nitrogens with zero attached hydrogens (tertiary/aromatic N) is 4. The molecule has 0 radical (unpaired) electrons. The van der Waals surface area contributed by atoms with Gasteiger partial charge in [-0.2, -0.15) is 0 Å². The number of nitrogens with one attached hydrogen (secondary N) is 1. The molecule has 0 atom stereocenters. The minimum absolute atomic E-state index is 0.0105. The zero-order chi connectivity index (χ0) is 15.0. The van der Waals surface area contributed by atoms with Crippen LogP contribution in [0.3, 0.4) is 0 Å². The van der Waals surface area contributed by atoms with Crippen LogP contribution >= 0.6 is 11.6 Å². The molecule has 0 saturated heterocycles. The van der Waals surface area contributed by atoms with Crippen molar-refractivity contribution >= 4 is 29.0 Å². The minimum Gasteiger partial charge on any atom is -0.334 e. The Hall–Kier alpha value is -2.48. The van der Waals surface area contributed by atoms with Gasteiger partial charge in [0.1, 0.15) is 11.5 Å². The van der Waals surface area contributed by atoms with E-state index in [1.807, 2.05) is 0 Å². The molecule has 21 heavy (non-hydrogen) atoms. The molecule has 2 aromatic heterocycles. The van der Waals surface area contributed by atoms with Crippen LogP contribution < -0.4 is 5.32 Å². The smallest absolute Gasteiger partial charge is 0.287 e. The molecule has 9 heteroatoms. The number of aromatic nitrogens is 3. The van der Waals surface area contributed by atoms with Crippen LogP contribution in [0.4, 0.5) is 11.5 Å².